The third kappa shape index (κ3) is 2.98. The van der Waals surface area contributed by atoms with Crippen LogP contribution >= 0.6 is 0 Å². The molecule has 0 bridgehead atoms. The minimum absolute atomic E-state index is 0.0760. The average Bonchev–Trinajstić information content (AvgIpc) is 2.60. The molecule has 1 aromatic carbocycles. The van der Waals surface area contributed by atoms with Gasteiger partial charge in [0.1, 0.15) is 0 Å². The van der Waals surface area contributed by atoms with Gasteiger partial charge in [-0.25, -0.2) is 0 Å². The van der Waals surface area contributed by atoms with Gasteiger partial charge in [0.05, 0.1) is 18.4 Å². The Morgan fingerprint density at radius 3 is 2.53 bits per heavy atom. The predicted octanol–water partition coefficient (Wildman–Crippen LogP) is 1.63. The van der Waals surface area contributed by atoms with Gasteiger partial charge in [-0.3, -0.25) is 4.18 Å². The fourth-order valence-electron chi connectivity index (χ4n) is 2.25. The average molecular weight is 255 g/mol. The molecule has 2 rings (SSSR count). The predicted molar refractivity (Wildman–Crippen MR) is 67.6 cm³/mol. The Bertz CT molecular complexity index is 472. The molecule has 94 valence electrons. The molecule has 2 atom stereocenters. The van der Waals surface area contributed by atoms with Gasteiger partial charge in [0.2, 0.25) is 0 Å². The Morgan fingerprint density at radius 2 is 1.94 bits per heavy atom. The van der Waals surface area contributed by atoms with Crippen molar-refractivity contribution >= 4 is 15.8 Å². The van der Waals surface area contributed by atoms with E-state index >= 15 is 0 Å². The smallest absolute Gasteiger partial charge is 0.264 e. The second-order valence-corrected chi connectivity index (χ2v) is 6.00. The van der Waals surface area contributed by atoms with Crippen LogP contribution in [0.15, 0.2) is 30.3 Å². The van der Waals surface area contributed by atoms with E-state index in [2.05, 4.69) is 4.90 Å². The molecule has 0 N–H and O–H groups in total. The summed E-state index contributed by atoms with van der Waals surface area (Å²) in [5.74, 6) is 0. The molecular weight excluding hydrogens is 238 g/mol. The van der Waals surface area contributed by atoms with Crippen LogP contribution in [-0.4, -0.2) is 33.4 Å². The number of rotatable bonds is 3. The molecule has 2 unspecified atom stereocenters. The van der Waals surface area contributed by atoms with Gasteiger partial charge in [-0.1, -0.05) is 18.2 Å². The zero-order chi connectivity index (χ0) is 12.5. The summed E-state index contributed by atoms with van der Waals surface area (Å²) in [6, 6.07) is 10.1. The van der Waals surface area contributed by atoms with Crippen LogP contribution in [0.4, 0.5) is 5.69 Å². The van der Waals surface area contributed by atoms with E-state index in [0.717, 1.165) is 24.9 Å². The Kier molecular flexibility index (Phi) is 3.40. The maximum atomic E-state index is 11.1. The van der Waals surface area contributed by atoms with Crippen molar-refractivity contribution in [3.8, 4) is 0 Å². The second-order valence-electron chi connectivity index (χ2n) is 4.40. The Labute approximate surface area is 102 Å². The second kappa shape index (κ2) is 4.66. The zero-order valence-corrected chi connectivity index (χ0v) is 10.9. The molecule has 1 aliphatic rings. The van der Waals surface area contributed by atoms with Crippen LogP contribution in [0.25, 0.3) is 0 Å². The Balaban J connectivity index is 2.10. The van der Waals surface area contributed by atoms with E-state index in [4.69, 9.17) is 4.18 Å². The summed E-state index contributed by atoms with van der Waals surface area (Å²) in [5.41, 5.74) is 1.11. The van der Waals surface area contributed by atoms with Crippen molar-refractivity contribution in [3.63, 3.8) is 0 Å². The molecule has 0 amide bonds. The number of nitrogens with zero attached hydrogens (tertiary/aromatic N) is 1. The molecule has 1 fully saturated rings. The van der Waals surface area contributed by atoms with Gasteiger partial charge in [-0.05, 0) is 25.5 Å². The van der Waals surface area contributed by atoms with Crippen LogP contribution < -0.4 is 4.90 Å². The van der Waals surface area contributed by atoms with E-state index in [9.17, 15) is 8.42 Å². The van der Waals surface area contributed by atoms with Crippen LogP contribution in [0.3, 0.4) is 0 Å². The third-order valence-electron chi connectivity index (χ3n) is 3.07. The number of benzene rings is 1. The summed E-state index contributed by atoms with van der Waals surface area (Å²) in [6.07, 6.45) is 1.60. The Morgan fingerprint density at radius 1 is 1.29 bits per heavy atom. The van der Waals surface area contributed by atoms with Gasteiger partial charge < -0.3 is 4.90 Å². The molecule has 0 aliphatic carbocycles. The van der Waals surface area contributed by atoms with Crippen LogP contribution in [0.2, 0.25) is 0 Å². The highest BCUT2D eigenvalue weighted by Gasteiger charge is 2.33. The van der Waals surface area contributed by atoms with Crippen LogP contribution in [0, 0.1) is 0 Å². The fourth-order valence-corrected chi connectivity index (χ4v) is 2.95. The minimum atomic E-state index is -3.37. The zero-order valence-electron chi connectivity index (χ0n) is 10.0. The standard InChI is InChI=1S/C12H17NO3S/c1-10-12(16-17(2,14)15)8-9-13(10)11-6-4-3-5-7-11/h3-7,10,12H,8-9H2,1-2H3. The summed E-state index contributed by atoms with van der Waals surface area (Å²) in [4.78, 5) is 2.18. The first-order chi connectivity index (χ1) is 7.97. The quantitative estimate of drug-likeness (QED) is 0.770. The Hall–Kier alpha value is -1.07. The summed E-state index contributed by atoms with van der Waals surface area (Å²) in [5, 5.41) is 0. The lowest BCUT2D eigenvalue weighted by atomic mass is 10.2. The van der Waals surface area contributed by atoms with E-state index in [0.29, 0.717) is 0 Å². The molecule has 1 saturated heterocycles. The molecule has 1 aromatic rings. The molecule has 5 heteroatoms. The van der Waals surface area contributed by atoms with Gasteiger partial charge in [0, 0.05) is 12.2 Å². The van der Waals surface area contributed by atoms with Gasteiger partial charge >= 0.3 is 0 Å². The number of para-hydroxylation sites is 1. The summed E-state index contributed by atoms with van der Waals surface area (Å²) in [6.45, 7) is 2.82. The van der Waals surface area contributed by atoms with E-state index in [1.54, 1.807) is 0 Å². The highest BCUT2D eigenvalue weighted by Crippen LogP contribution is 2.27. The van der Waals surface area contributed by atoms with E-state index in [1.807, 2.05) is 37.3 Å². The largest absolute Gasteiger partial charge is 0.366 e. The van der Waals surface area contributed by atoms with Gasteiger partial charge in [-0.15, -0.1) is 0 Å². The van der Waals surface area contributed by atoms with Gasteiger partial charge in [0.15, 0.2) is 0 Å². The van der Waals surface area contributed by atoms with Crippen LogP contribution in [0.1, 0.15) is 13.3 Å². The van der Waals surface area contributed by atoms with Crippen molar-refractivity contribution in [2.75, 3.05) is 17.7 Å². The van der Waals surface area contributed by atoms with Crippen LogP contribution in [0.5, 0.6) is 0 Å². The normalized spacial score (nSPS) is 25.2. The van der Waals surface area contributed by atoms with Crippen molar-refractivity contribution in [2.45, 2.75) is 25.5 Å². The summed E-state index contributed by atoms with van der Waals surface area (Å²) in [7, 11) is -3.37. The maximum Gasteiger partial charge on any atom is 0.264 e. The molecular formula is C12H17NO3S. The lowest BCUT2D eigenvalue weighted by Gasteiger charge is -2.26. The van der Waals surface area contributed by atoms with Gasteiger partial charge in [0.25, 0.3) is 10.1 Å². The lowest BCUT2D eigenvalue weighted by molar-refractivity contribution is 0.206. The first-order valence-electron chi connectivity index (χ1n) is 5.67. The van der Waals surface area contributed by atoms with Crippen molar-refractivity contribution in [3.05, 3.63) is 30.3 Å². The molecule has 0 aromatic heterocycles. The lowest BCUT2D eigenvalue weighted by Crippen LogP contribution is -2.34. The van der Waals surface area contributed by atoms with Crippen molar-refractivity contribution in [2.24, 2.45) is 0 Å². The molecule has 1 heterocycles. The first-order valence-corrected chi connectivity index (χ1v) is 7.49. The monoisotopic (exact) mass is 255 g/mol. The van der Waals surface area contributed by atoms with E-state index < -0.39 is 10.1 Å². The third-order valence-corrected chi connectivity index (χ3v) is 3.67. The van der Waals surface area contributed by atoms with Crippen molar-refractivity contribution in [1.82, 2.24) is 0 Å². The highest BCUT2D eigenvalue weighted by molar-refractivity contribution is 7.86. The molecule has 1 aliphatic heterocycles. The SMILES string of the molecule is CC1C(OS(C)(=O)=O)CCN1c1ccccc1. The molecule has 17 heavy (non-hydrogen) atoms. The van der Waals surface area contributed by atoms with E-state index in [1.165, 1.54) is 0 Å². The van der Waals surface area contributed by atoms with Crippen molar-refractivity contribution < 1.29 is 12.6 Å². The van der Waals surface area contributed by atoms with Crippen molar-refractivity contribution in [1.29, 1.82) is 0 Å². The summed E-state index contributed by atoms with van der Waals surface area (Å²) >= 11 is 0. The number of hydrogen-bond donors (Lipinski definition) is 0. The molecule has 4 nitrogen and oxygen atoms in total. The maximum absolute atomic E-state index is 11.1. The topological polar surface area (TPSA) is 46.6 Å². The highest BCUT2D eigenvalue weighted by atomic mass is 32.2. The van der Waals surface area contributed by atoms with Gasteiger partial charge in [-0.2, -0.15) is 8.42 Å². The fraction of sp³-hybridized carbons (Fsp3) is 0.500. The molecule has 0 spiro atoms. The summed E-state index contributed by atoms with van der Waals surface area (Å²) < 4.78 is 27.4. The molecule has 0 radical (unpaired) electrons. The van der Waals surface area contributed by atoms with E-state index in [-0.39, 0.29) is 12.1 Å². The first kappa shape index (κ1) is 12.4. The van der Waals surface area contributed by atoms with Crippen LogP contribution in [-0.2, 0) is 14.3 Å². The molecule has 0 saturated carbocycles. The number of hydrogen-bond acceptors (Lipinski definition) is 4. The number of anilines is 1. The minimum Gasteiger partial charge on any atom is -0.366 e.